The lowest BCUT2D eigenvalue weighted by molar-refractivity contribution is 0.0220. The van der Waals surface area contributed by atoms with E-state index in [0.29, 0.717) is 55.6 Å². The summed E-state index contributed by atoms with van der Waals surface area (Å²) in [4.78, 5) is 22.7. The molecular weight excluding hydrogens is 649 g/mol. The van der Waals surface area contributed by atoms with Gasteiger partial charge in [0.15, 0.2) is 11.6 Å². The van der Waals surface area contributed by atoms with Crippen molar-refractivity contribution in [1.82, 2.24) is 29.8 Å². The van der Waals surface area contributed by atoms with Gasteiger partial charge in [-0.1, -0.05) is 28.1 Å². The van der Waals surface area contributed by atoms with E-state index in [0.717, 1.165) is 28.7 Å². The maximum Gasteiger partial charge on any atom is 0.296 e. The van der Waals surface area contributed by atoms with E-state index in [4.69, 9.17) is 14.7 Å². The molecule has 5 aromatic rings. The van der Waals surface area contributed by atoms with Gasteiger partial charge in [0.05, 0.1) is 17.6 Å². The molecule has 0 aliphatic carbocycles. The second kappa shape index (κ2) is 12.7. The lowest BCUT2D eigenvalue weighted by Crippen LogP contribution is -2.44. The summed E-state index contributed by atoms with van der Waals surface area (Å²) in [6.07, 6.45) is -1.78. The highest BCUT2D eigenvalue weighted by atomic mass is 79.9. The molecule has 2 aliphatic rings. The van der Waals surface area contributed by atoms with Crippen molar-refractivity contribution < 1.29 is 17.9 Å². The highest BCUT2D eigenvalue weighted by molar-refractivity contribution is 9.10. The van der Waals surface area contributed by atoms with Crippen LogP contribution < -0.4 is 15.1 Å². The van der Waals surface area contributed by atoms with Gasteiger partial charge in [0, 0.05) is 48.1 Å². The van der Waals surface area contributed by atoms with Gasteiger partial charge in [-0.15, -0.1) is 0 Å². The zero-order chi connectivity index (χ0) is 30.9. The quantitative estimate of drug-likeness (QED) is 0.208. The third-order valence-corrected chi connectivity index (χ3v) is 8.68. The standard InChI is InChI=1S/C32H30BrF3N8O/c33-20-5-9-22(10-6-20)43(23-11-7-21(34)8-12-23)24-13-16-42(17-14-24)31-39-29(27-19-37-15-18-45-27)40-32(41-31)44-26-4-2-1-3-25(26)38-30(44)28(35)36/h1-12,24,27-28,37H,13-19H2. The predicted octanol–water partition coefficient (Wildman–Crippen LogP) is 6.52. The van der Waals surface area contributed by atoms with Gasteiger partial charge in [0.2, 0.25) is 11.9 Å². The molecule has 3 aromatic carbocycles. The van der Waals surface area contributed by atoms with Crippen molar-refractivity contribution in [3.63, 3.8) is 0 Å². The molecule has 7 rings (SSSR count). The Balaban J connectivity index is 1.23. The highest BCUT2D eigenvalue weighted by Gasteiger charge is 2.30. The number of nitrogens with zero attached hydrogens (tertiary/aromatic N) is 7. The largest absolute Gasteiger partial charge is 0.368 e. The molecule has 4 heterocycles. The number of anilines is 3. The molecule has 1 atom stereocenters. The van der Waals surface area contributed by atoms with Crippen molar-refractivity contribution in [2.24, 2.45) is 0 Å². The number of aromatic nitrogens is 5. The maximum absolute atomic E-state index is 14.3. The van der Waals surface area contributed by atoms with E-state index >= 15 is 0 Å². The monoisotopic (exact) mass is 678 g/mol. The minimum absolute atomic E-state index is 0.0816. The van der Waals surface area contributed by atoms with Gasteiger partial charge in [-0.25, -0.2) is 18.2 Å². The van der Waals surface area contributed by atoms with Crippen molar-refractivity contribution in [2.45, 2.75) is 31.4 Å². The Morgan fingerprint density at radius 3 is 2.24 bits per heavy atom. The first-order valence-corrected chi connectivity index (χ1v) is 15.6. The molecule has 0 bridgehead atoms. The van der Waals surface area contributed by atoms with Crippen LogP contribution in [0.3, 0.4) is 0 Å². The number of imidazole rings is 1. The fourth-order valence-electron chi connectivity index (χ4n) is 5.99. The molecule has 2 saturated heterocycles. The smallest absolute Gasteiger partial charge is 0.296 e. The van der Waals surface area contributed by atoms with E-state index in [1.807, 2.05) is 24.3 Å². The molecule has 0 spiro atoms. The van der Waals surface area contributed by atoms with E-state index < -0.39 is 18.4 Å². The Hall–Kier alpha value is -4.07. The lowest BCUT2D eigenvalue weighted by Gasteiger charge is -2.40. The minimum atomic E-state index is -2.83. The van der Waals surface area contributed by atoms with Gasteiger partial charge in [0.1, 0.15) is 11.9 Å². The molecule has 13 heteroatoms. The van der Waals surface area contributed by atoms with Crippen LogP contribution in [0, 0.1) is 5.82 Å². The Morgan fingerprint density at radius 1 is 0.867 bits per heavy atom. The number of morpholine rings is 1. The molecule has 2 aromatic heterocycles. The summed E-state index contributed by atoms with van der Waals surface area (Å²) in [5, 5.41) is 3.29. The van der Waals surface area contributed by atoms with E-state index in [2.05, 4.69) is 41.0 Å². The molecule has 0 saturated carbocycles. The number of halogens is 4. The number of ether oxygens (including phenoxy) is 1. The van der Waals surface area contributed by atoms with Crippen molar-refractivity contribution in [3.8, 4) is 5.95 Å². The van der Waals surface area contributed by atoms with E-state index in [9.17, 15) is 13.2 Å². The van der Waals surface area contributed by atoms with E-state index in [1.165, 1.54) is 16.7 Å². The summed E-state index contributed by atoms with van der Waals surface area (Å²) < 4.78 is 50.6. The minimum Gasteiger partial charge on any atom is -0.368 e. The lowest BCUT2D eigenvalue weighted by atomic mass is 10.0. The normalized spacial score (nSPS) is 17.7. The zero-order valence-electron chi connectivity index (χ0n) is 24.2. The average molecular weight is 680 g/mol. The van der Waals surface area contributed by atoms with Crippen molar-refractivity contribution >= 4 is 44.3 Å². The molecule has 1 N–H and O–H groups in total. The topological polar surface area (TPSA) is 84.2 Å². The molecule has 0 radical (unpaired) electrons. The third-order valence-electron chi connectivity index (χ3n) is 8.15. The first-order chi connectivity index (χ1) is 21.9. The van der Waals surface area contributed by atoms with E-state index in [-0.39, 0.29) is 17.8 Å². The highest BCUT2D eigenvalue weighted by Crippen LogP contribution is 2.34. The Labute approximate surface area is 266 Å². The zero-order valence-corrected chi connectivity index (χ0v) is 25.7. The molecule has 2 aliphatic heterocycles. The van der Waals surface area contributed by atoms with Gasteiger partial charge in [-0.3, -0.25) is 4.57 Å². The third kappa shape index (κ3) is 6.11. The molecule has 1 unspecified atom stereocenters. The predicted molar refractivity (Wildman–Crippen MR) is 169 cm³/mol. The average Bonchev–Trinajstić information content (AvgIpc) is 3.47. The summed E-state index contributed by atoms with van der Waals surface area (Å²) in [6.45, 7) is 2.91. The summed E-state index contributed by atoms with van der Waals surface area (Å²) in [5.41, 5.74) is 2.82. The second-order valence-electron chi connectivity index (χ2n) is 11.0. The van der Waals surface area contributed by atoms with Crippen LogP contribution in [0.5, 0.6) is 0 Å². The molecular formula is C32H30BrF3N8O. The summed E-state index contributed by atoms with van der Waals surface area (Å²) in [5.74, 6) is 0.148. The van der Waals surface area contributed by atoms with Crippen LogP contribution in [0.15, 0.2) is 77.3 Å². The number of hydrogen-bond acceptors (Lipinski definition) is 8. The number of piperidine rings is 1. The van der Waals surface area contributed by atoms with Crippen molar-refractivity contribution in [3.05, 3.63) is 94.7 Å². The van der Waals surface area contributed by atoms with Crippen LogP contribution in [0.1, 0.15) is 37.0 Å². The number of rotatable bonds is 7. The van der Waals surface area contributed by atoms with Crippen LogP contribution >= 0.6 is 15.9 Å². The van der Waals surface area contributed by atoms with Gasteiger partial charge >= 0.3 is 0 Å². The van der Waals surface area contributed by atoms with Crippen molar-refractivity contribution in [1.29, 1.82) is 0 Å². The first kappa shape index (κ1) is 29.6. The van der Waals surface area contributed by atoms with Crippen molar-refractivity contribution in [2.75, 3.05) is 42.6 Å². The van der Waals surface area contributed by atoms with Gasteiger partial charge < -0.3 is 19.9 Å². The van der Waals surface area contributed by atoms with Crippen LogP contribution in [0.25, 0.3) is 17.0 Å². The second-order valence-corrected chi connectivity index (χ2v) is 11.9. The Bertz CT molecular complexity index is 1730. The Kier molecular flexibility index (Phi) is 8.39. The van der Waals surface area contributed by atoms with Crippen LogP contribution in [0.4, 0.5) is 30.5 Å². The van der Waals surface area contributed by atoms with Crippen LogP contribution in [0.2, 0.25) is 0 Å². The van der Waals surface area contributed by atoms with Gasteiger partial charge in [0.25, 0.3) is 6.43 Å². The summed E-state index contributed by atoms with van der Waals surface area (Å²) in [6, 6.07) is 21.7. The molecule has 9 nitrogen and oxygen atoms in total. The van der Waals surface area contributed by atoms with Crippen LogP contribution in [-0.2, 0) is 4.74 Å². The number of benzene rings is 3. The number of para-hydroxylation sites is 2. The fourth-order valence-corrected chi connectivity index (χ4v) is 6.25. The van der Waals surface area contributed by atoms with Gasteiger partial charge in [-0.2, -0.15) is 15.0 Å². The molecule has 0 amide bonds. The summed E-state index contributed by atoms with van der Waals surface area (Å²) >= 11 is 3.52. The van der Waals surface area contributed by atoms with Gasteiger partial charge in [-0.05, 0) is 73.5 Å². The molecule has 2 fully saturated rings. The Morgan fingerprint density at radius 2 is 1.56 bits per heavy atom. The number of fused-ring (bicyclic) bond motifs is 1. The SMILES string of the molecule is Fc1ccc(N(c2ccc(Br)cc2)C2CCN(c3nc(C4CNCCO4)nc(-n4c(C(F)F)nc5ccccc54)n3)CC2)cc1. The first-order valence-electron chi connectivity index (χ1n) is 14.8. The number of hydrogen-bond donors (Lipinski definition) is 1. The summed E-state index contributed by atoms with van der Waals surface area (Å²) in [7, 11) is 0. The van der Waals surface area contributed by atoms with E-state index in [1.54, 1.807) is 36.4 Å². The molecule has 232 valence electrons. The molecule has 45 heavy (non-hydrogen) atoms. The van der Waals surface area contributed by atoms with Crippen LogP contribution in [-0.4, -0.2) is 63.3 Å². The number of alkyl halides is 2. The fraction of sp³-hybridized carbons (Fsp3) is 0.312. The maximum atomic E-state index is 14.3. The number of nitrogens with one attached hydrogen (secondary N) is 1.